The highest BCUT2D eigenvalue weighted by molar-refractivity contribution is 5.63. The Kier molecular flexibility index (Phi) is 3.31. The molecule has 1 unspecified atom stereocenters. The van der Waals surface area contributed by atoms with Crippen LogP contribution in [0.4, 0.5) is 0 Å². The summed E-state index contributed by atoms with van der Waals surface area (Å²) in [6, 6.07) is 12.8. The number of benzene rings is 1. The number of pyridine rings is 1. The lowest BCUT2D eigenvalue weighted by Gasteiger charge is -2.51. The summed E-state index contributed by atoms with van der Waals surface area (Å²) in [6.07, 6.45) is 2.12. The van der Waals surface area contributed by atoms with E-state index < -0.39 is 0 Å². The van der Waals surface area contributed by atoms with Crippen molar-refractivity contribution >= 4 is 5.65 Å². The van der Waals surface area contributed by atoms with Crippen molar-refractivity contribution < 1.29 is 4.74 Å². The summed E-state index contributed by atoms with van der Waals surface area (Å²) in [7, 11) is 0. The smallest absolute Gasteiger partial charge is 0.180 e. The molecular weight excluding hydrogens is 308 g/mol. The number of imidazole rings is 1. The van der Waals surface area contributed by atoms with Gasteiger partial charge in [-0.25, -0.2) is 4.98 Å². The van der Waals surface area contributed by atoms with Crippen LogP contribution in [-0.4, -0.2) is 9.38 Å². The van der Waals surface area contributed by atoms with Gasteiger partial charge in [-0.05, 0) is 25.5 Å². The fraction of sp³-hybridized carbons (Fsp3) is 0.409. The highest BCUT2D eigenvalue weighted by Gasteiger charge is 2.51. The number of hydrogen-bond donors (Lipinski definition) is 0. The molecule has 3 nitrogen and oxygen atoms in total. The van der Waals surface area contributed by atoms with E-state index in [0.717, 1.165) is 17.1 Å². The van der Waals surface area contributed by atoms with Gasteiger partial charge in [0, 0.05) is 28.3 Å². The van der Waals surface area contributed by atoms with E-state index in [4.69, 9.17) is 9.72 Å². The fourth-order valence-corrected chi connectivity index (χ4v) is 3.98. The van der Waals surface area contributed by atoms with Crippen molar-refractivity contribution in [2.24, 2.45) is 5.41 Å². The van der Waals surface area contributed by atoms with Gasteiger partial charge >= 0.3 is 0 Å². The quantitative estimate of drug-likeness (QED) is 0.596. The molecule has 0 fully saturated rings. The van der Waals surface area contributed by atoms with Crippen LogP contribution in [0.5, 0.6) is 5.75 Å². The molecule has 1 aliphatic rings. The Bertz CT molecular complexity index is 951. The molecule has 1 atom stereocenters. The lowest BCUT2D eigenvalue weighted by atomic mass is 9.59. The van der Waals surface area contributed by atoms with Gasteiger partial charge < -0.3 is 9.14 Å². The lowest BCUT2D eigenvalue weighted by molar-refractivity contribution is -0.00741. The number of nitrogens with zero attached hydrogens (tertiary/aromatic N) is 2. The Morgan fingerprint density at radius 2 is 1.68 bits per heavy atom. The van der Waals surface area contributed by atoms with Crippen LogP contribution in [0.25, 0.3) is 5.65 Å². The zero-order valence-electron chi connectivity index (χ0n) is 15.9. The van der Waals surface area contributed by atoms with Crippen molar-refractivity contribution in [1.82, 2.24) is 9.38 Å². The van der Waals surface area contributed by atoms with Crippen molar-refractivity contribution in [2.45, 2.75) is 53.1 Å². The Labute approximate surface area is 149 Å². The van der Waals surface area contributed by atoms with Crippen molar-refractivity contribution in [2.75, 3.05) is 0 Å². The Hall–Kier alpha value is -2.29. The third kappa shape index (κ3) is 2.08. The summed E-state index contributed by atoms with van der Waals surface area (Å²) in [5.74, 6) is 0.928. The van der Waals surface area contributed by atoms with E-state index in [1.807, 2.05) is 0 Å². The molecule has 0 N–H and O–H groups in total. The maximum atomic E-state index is 6.67. The van der Waals surface area contributed by atoms with Crippen LogP contribution < -0.4 is 4.74 Å². The molecule has 3 heterocycles. The molecule has 3 heteroatoms. The third-order valence-corrected chi connectivity index (χ3v) is 6.50. The number of aromatic nitrogens is 2. The second-order valence-electron chi connectivity index (χ2n) is 8.29. The first-order valence-corrected chi connectivity index (χ1v) is 8.95. The molecule has 0 aliphatic carbocycles. The van der Waals surface area contributed by atoms with Gasteiger partial charge in [-0.2, -0.15) is 0 Å². The molecule has 1 aliphatic heterocycles. The third-order valence-electron chi connectivity index (χ3n) is 6.50. The summed E-state index contributed by atoms with van der Waals surface area (Å²) < 4.78 is 8.81. The number of hydrogen-bond acceptors (Lipinski definition) is 2. The zero-order valence-corrected chi connectivity index (χ0v) is 15.9. The monoisotopic (exact) mass is 334 g/mol. The molecule has 4 rings (SSSR count). The molecular formula is C22H26N2O. The minimum Gasteiger partial charge on any atom is -0.481 e. The van der Waals surface area contributed by atoms with E-state index in [0.29, 0.717) is 0 Å². The van der Waals surface area contributed by atoms with Gasteiger partial charge in [0.05, 0.1) is 5.69 Å². The molecule has 0 saturated heterocycles. The van der Waals surface area contributed by atoms with E-state index >= 15 is 0 Å². The normalized spacial score (nSPS) is 21.0. The summed E-state index contributed by atoms with van der Waals surface area (Å²) in [5.41, 5.74) is 5.50. The van der Waals surface area contributed by atoms with Gasteiger partial charge in [-0.3, -0.25) is 0 Å². The summed E-state index contributed by atoms with van der Waals surface area (Å²) in [6.45, 7) is 13.4. The first-order chi connectivity index (χ1) is 11.7. The summed E-state index contributed by atoms with van der Waals surface area (Å²) in [5, 5.41) is 0. The van der Waals surface area contributed by atoms with Crippen molar-refractivity contribution in [3.05, 3.63) is 65.1 Å². The van der Waals surface area contributed by atoms with Gasteiger partial charge in [-0.1, -0.05) is 58.0 Å². The predicted molar refractivity (Wildman–Crippen MR) is 101 cm³/mol. The SMILES string of the molecule is Cc1nc2c3c(ccn2c1C)C(C)(C)C(C)(C)C(c1ccccc1)O3. The highest BCUT2D eigenvalue weighted by atomic mass is 16.5. The van der Waals surface area contributed by atoms with Gasteiger partial charge in [0.1, 0.15) is 6.10 Å². The van der Waals surface area contributed by atoms with Gasteiger partial charge in [0.25, 0.3) is 0 Å². The van der Waals surface area contributed by atoms with Gasteiger partial charge in [-0.15, -0.1) is 0 Å². The molecule has 0 amide bonds. The van der Waals surface area contributed by atoms with Crippen molar-refractivity contribution in [3.8, 4) is 5.75 Å². The van der Waals surface area contributed by atoms with Gasteiger partial charge in [0.2, 0.25) is 0 Å². The van der Waals surface area contributed by atoms with E-state index in [1.165, 1.54) is 16.8 Å². The number of fused-ring (bicyclic) bond motifs is 3. The average Bonchev–Trinajstić information content (AvgIpc) is 2.87. The number of ether oxygens (including phenoxy) is 1. The molecule has 0 saturated carbocycles. The molecule has 2 aromatic heterocycles. The lowest BCUT2D eigenvalue weighted by Crippen LogP contribution is -2.47. The van der Waals surface area contributed by atoms with Crippen LogP contribution >= 0.6 is 0 Å². The van der Waals surface area contributed by atoms with E-state index in [9.17, 15) is 0 Å². The summed E-state index contributed by atoms with van der Waals surface area (Å²) >= 11 is 0. The number of rotatable bonds is 1. The Balaban J connectivity index is 2.00. The standard InChI is InChI=1S/C22H26N2O/c1-14-15(2)24-13-12-17-18(20(24)23-14)25-19(16-10-8-7-9-11-16)22(5,6)21(17,3)4/h7-13,19H,1-6H3. The first-order valence-electron chi connectivity index (χ1n) is 8.95. The molecule has 1 aromatic carbocycles. The minimum atomic E-state index is -0.0591. The van der Waals surface area contributed by atoms with Crippen LogP contribution in [0.15, 0.2) is 42.6 Å². The molecule has 130 valence electrons. The van der Waals surface area contributed by atoms with Crippen molar-refractivity contribution in [3.63, 3.8) is 0 Å². The van der Waals surface area contributed by atoms with E-state index in [2.05, 4.69) is 88.5 Å². The molecule has 25 heavy (non-hydrogen) atoms. The number of aryl methyl sites for hydroxylation is 2. The predicted octanol–water partition coefficient (Wildman–Crippen LogP) is 5.39. The van der Waals surface area contributed by atoms with Crippen LogP contribution in [0.2, 0.25) is 0 Å². The largest absolute Gasteiger partial charge is 0.481 e. The maximum absolute atomic E-state index is 6.67. The first kappa shape index (κ1) is 16.2. The van der Waals surface area contributed by atoms with Crippen LogP contribution in [0.3, 0.4) is 0 Å². The minimum absolute atomic E-state index is 0.0142. The van der Waals surface area contributed by atoms with Crippen LogP contribution in [0.1, 0.15) is 56.3 Å². The van der Waals surface area contributed by atoms with Crippen molar-refractivity contribution in [1.29, 1.82) is 0 Å². The molecule has 0 bridgehead atoms. The van der Waals surface area contributed by atoms with Crippen LogP contribution in [0, 0.1) is 19.3 Å². The molecule has 0 radical (unpaired) electrons. The van der Waals surface area contributed by atoms with Crippen LogP contribution in [-0.2, 0) is 5.41 Å². The molecule has 0 spiro atoms. The zero-order chi connectivity index (χ0) is 18.0. The molecule has 3 aromatic rings. The average molecular weight is 334 g/mol. The second-order valence-corrected chi connectivity index (χ2v) is 8.29. The van der Waals surface area contributed by atoms with E-state index in [-0.39, 0.29) is 16.9 Å². The topological polar surface area (TPSA) is 26.5 Å². The Morgan fingerprint density at radius 1 is 1.00 bits per heavy atom. The van der Waals surface area contributed by atoms with E-state index in [1.54, 1.807) is 0 Å². The Morgan fingerprint density at radius 3 is 2.36 bits per heavy atom. The maximum Gasteiger partial charge on any atom is 0.180 e. The second kappa shape index (κ2) is 5.10. The summed E-state index contributed by atoms with van der Waals surface area (Å²) in [4.78, 5) is 4.81. The highest BCUT2D eigenvalue weighted by Crippen LogP contribution is 2.57. The fourth-order valence-electron chi connectivity index (χ4n) is 3.98. The van der Waals surface area contributed by atoms with Gasteiger partial charge in [0.15, 0.2) is 11.4 Å².